The van der Waals surface area contributed by atoms with Gasteiger partial charge in [0.2, 0.25) is 0 Å². The Bertz CT molecular complexity index is 597. The molecule has 2 rings (SSSR count). The van der Waals surface area contributed by atoms with Crippen molar-refractivity contribution in [1.82, 2.24) is 4.90 Å². The molecule has 0 amide bonds. The summed E-state index contributed by atoms with van der Waals surface area (Å²) in [5.41, 5.74) is 0.500. The number of hydrogen-bond acceptors (Lipinski definition) is 6. The van der Waals surface area contributed by atoms with Crippen molar-refractivity contribution in [3.05, 3.63) is 29.6 Å². The summed E-state index contributed by atoms with van der Waals surface area (Å²) in [5, 5.41) is 19.5. The van der Waals surface area contributed by atoms with Crippen molar-refractivity contribution in [3.8, 4) is 5.75 Å². The average molecular weight is 344 g/mol. The van der Waals surface area contributed by atoms with E-state index in [-0.39, 0.29) is 17.5 Å². The summed E-state index contributed by atoms with van der Waals surface area (Å²) in [4.78, 5) is 17.3. The van der Waals surface area contributed by atoms with Gasteiger partial charge in [-0.15, -0.1) is 11.8 Å². The molecular formula is C14H17FN2O3S2. The Morgan fingerprint density at radius 3 is 2.95 bits per heavy atom. The lowest BCUT2D eigenvalue weighted by molar-refractivity contribution is -0.141. The van der Waals surface area contributed by atoms with Crippen molar-refractivity contribution in [2.75, 3.05) is 25.1 Å². The number of carbonyl (C=O) groups is 1. The number of likely N-dealkylation sites (N-methyl/N-ethyl adjacent to an activating group) is 1. The molecule has 120 valence electrons. The molecule has 0 bridgehead atoms. The van der Waals surface area contributed by atoms with E-state index in [2.05, 4.69) is 17.6 Å². The van der Waals surface area contributed by atoms with Crippen LogP contribution in [0.4, 0.5) is 4.39 Å². The number of thiol groups is 1. The molecule has 0 saturated heterocycles. The van der Waals surface area contributed by atoms with Gasteiger partial charge in [0.05, 0.1) is 6.04 Å². The first kappa shape index (κ1) is 17.1. The number of phenols is 1. The van der Waals surface area contributed by atoms with Gasteiger partial charge in [0.25, 0.3) is 0 Å². The molecule has 0 radical (unpaired) electrons. The molecule has 1 aromatic rings. The molecule has 0 aliphatic carbocycles. The van der Waals surface area contributed by atoms with Gasteiger partial charge in [0.1, 0.15) is 22.7 Å². The molecule has 0 fully saturated rings. The van der Waals surface area contributed by atoms with Gasteiger partial charge in [-0.2, -0.15) is 12.6 Å². The maximum atomic E-state index is 13.0. The third-order valence-corrected chi connectivity index (χ3v) is 4.89. The summed E-state index contributed by atoms with van der Waals surface area (Å²) < 4.78 is 13.0. The quantitative estimate of drug-likeness (QED) is 0.685. The van der Waals surface area contributed by atoms with Gasteiger partial charge < -0.3 is 10.2 Å². The molecule has 8 heteroatoms. The topological polar surface area (TPSA) is 73.1 Å². The molecule has 0 unspecified atom stereocenters. The molecule has 1 aromatic carbocycles. The Morgan fingerprint density at radius 1 is 1.64 bits per heavy atom. The van der Waals surface area contributed by atoms with E-state index < -0.39 is 17.8 Å². The van der Waals surface area contributed by atoms with Gasteiger partial charge in [-0.05, 0) is 19.2 Å². The van der Waals surface area contributed by atoms with Crippen LogP contribution in [0.2, 0.25) is 0 Å². The maximum absolute atomic E-state index is 13.0. The van der Waals surface area contributed by atoms with E-state index in [0.29, 0.717) is 22.9 Å². The fourth-order valence-corrected chi connectivity index (χ4v) is 3.72. The highest BCUT2D eigenvalue weighted by Crippen LogP contribution is 2.29. The van der Waals surface area contributed by atoms with E-state index in [4.69, 9.17) is 5.11 Å². The highest BCUT2D eigenvalue weighted by atomic mass is 32.2. The summed E-state index contributed by atoms with van der Waals surface area (Å²) in [6.07, 6.45) is 0. The van der Waals surface area contributed by atoms with Gasteiger partial charge in [-0.25, -0.2) is 4.39 Å². The monoisotopic (exact) mass is 344 g/mol. The Kier molecular flexibility index (Phi) is 5.71. The van der Waals surface area contributed by atoms with Gasteiger partial charge in [-0.1, -0.05) is 0 Å². The van der Waals surface area contributed by atoms with Crippen LogP contribution >= 0.6 is 24.4 Å². The third-order valence-electron chi connectivity index (χ3n) is 3.39. The highest BCUT2D eigenvalue weighted by molar-refractivity contribution is 8.14. The Hall–Kier alpha value is -1.25. The van der Waals surface area contributed by atoms with Gasteiger partial charge >= 0.3 is 5.97 Å². The van der Waals surface area contributed by atoms with Crippen molar-refractivity contribution in [2.45, 2.75) is 12.1 Å². The summed E-state index contributed by atoms with van der Waals surface area (Å²) >= 11 is 5.52. The van der Waals surface area contributed by atoms with E-state index in [1.807, 2.05) is 0 Å². The molecule has 22 heavy (non-hydrogen) atoms. The molecule has 2 atom stereocenters. The number of carboxylic acids is 1. The Morgan fingerprint density at radius 2 is 2.36 bits per heavy atom. The van der Waals surface area contributed by atoms with Gasteiger partial charge in [-0.3, -0.25) is 14.7 Å². The molecule has 1 heterocycles. The molecule has 5 nitrogen and oxygen atoms in total. The van der Waals surface area contributed by atoms with Crippen LogP contribution in [0.3, 0.4) is 0 Å². The van der Waals surface area contributed by atoms with Crippen LogP contribution < -0.4 is 0 Å². The number of rotatable bonds is 6. The second-order valence-electron chi connectivity index (χ2n) is 5.04. The number of benzene rings is 1. The van der Waals surface area contributed by atoms with Crippen LogP contribution in [0.15, 0.2) is 23.2 Å². The number of halogens is 1. The zero-order valence-corrected chi connectivity index (χ0v) is 13.6. The van der Waals surface area contributed by atoms with Gasteiger partial charge in [0.15, 0.2) is 0 Å². The minimum Gasteiger partial charge on any atom is -0.507 e. The third kappa shape index (κ3) is 3.93. The fraction of sp³-hybridized carbons (Fsp3) is 0.429. The van der Waals surface area contributed by atoms with Crippen molar-refractivity contribution >= 4 is 35.4 Å². The van der Waals surface area contributed by atoms with Crippen LogP contribution in [0.1, 0.15) is 5.56 Å². The van der Waals surface area contributed by atoms with Crippen LogP contribution in [0, 0.1) is 5.82 Å². The smallest absolute Gasteiger partial charge is 0.321 e. The van der Waals surface area contributed by atoms with E-state index >= 15 is 0 Å². The van der Waals surface area contributed by atoms with Crippen molar-refractivity contribution in [3.63, 3.8) is 0 Å². The second-order valence-corrected chi connectivity index (χ2v) is 6.41. The largest absolute Gasteiger partial charge is 0.507 e. The SMILES string of the molecule is CN(C[C@@H]1CSC(c2ccc(F)cc2O)=N1)[C@H](CS)C(=O)O. The molecule has 0 spiro atoms. The number of thioether (sulfide) groups is 1. The number of aliphatic carboxylic acids is 1. The number of aromatic hydroxyl groups is 1. The maximum Gasteiger partial charge on any atom is 0.321 e. The van der Waals surface area contributed by atoms with Crippen LogP contribution in [0.5, 0.6) is 5.75 Å². The molecular weight excluding hydrogens is 327 g/mol. The first-order valence-corrected chi connectivity index (χ1v) is 8.27. The molecule has 0 saturated carbocycles. The molecule has 2 N–H and O–H groups in total. The standard InChI is InChI=1S/C14H17FN2O3S2/c1-17(11(6-21)14(19)20)5-9-7-22-13(16-9)10-3-2-8(15)4-12(10)18/h2-4,9,11,18,21H,5-7H2,1H3,(H,19,20)/t9-,11-/m1/s1. The number of hydrogen-bond donors (Lipinski definition) is 3. The molecule has 0 aromatic heterocycles. The lowest BCUT2D eigenvalue weighted by Gasteiger charge is -2.24. The van der Waals surface area contributed by atoms with Crippen molar-refractivity contribution in [1.29, 1.82) is 0 Å². The van der Waals surface area contributed by atoms with E-state index in [9.17, 15) is 14.3 Å². The van der Waals surface area contributed by atoms with Crippen molar-refractivity contribution in [2.24, 2.45) is 4.99 Å². The minimum absolute atomic E-state index is 0.0730. The first-order chi connectivity index (χ1) is 10.4. The average Bonchev–Trinajstić information content (AvgIpc) is 2.87. The van der Waals surface area contributed by atoms with E-state index in [1.54, 1.807) is 11.9 Å². The molecule has 1 aliphatic heterocycles. The number of phenolic OH excluding ortho intramolecular Hbond substituents is 1. The summed E-state index contributed by atoms with van der Waals surface area (Å²) in [6, 6.07) is 3.09. The Labute approximate surface area is 137 Å². The Balaban J connectivity index is 2.07. The first-order valence-electron chi connectivity index (χ1n) is 6.65. The number of aliphatic imine (C=N–C) groups is 1. The lowest BCUT2D eigenvalue weighted by atomic mass is 10.2. The summed E-state index contributed by atoms with van der Waals surface area (Å²) in [6.45, 7) is 0.482. The van der Waals surface area contributed by atoms with Crippen LogP contribution in [-0.2, 0) is 4.79 Å². The zero-order valence-electron chi connectivity index (χ0n) is 11.9. The summed E-state index contributed by atoms with van der Waals surface area (Å²) in [7, 11) is 1.72. The fourth-order valence-electron chi connectivity index (χ4n) is 2.21. The normalized spacial score (nSPS) is 19.3. The number of nitrogens with zero attached hydrogens (tertiary/aromatic N) is 2. The minimum atomic E-state index is -0.913. The highest BCUT2D eigenvalue weighted by Gasteiger charge is 2.27. The summed E-state index contributed by atoms with van der Waals surface area (Å²) in [5.74, 6) is -0.641. The number of carboxylic acid groups (broad SMARTS) is 1. The van der Waals surface area contributed by atoms with Gasteiger partial charge in [0, 0.05) is 29.7 Å². The molecule has 1 aliphatic rings. The van der Waals surface area contributed by atoms with Crippen LogP contribution in [0.25, 0.3) is 0 Å². The van der Waals surface area contributed by atoms with Crippen molar-refractivity contribution < 1.29 is 19.4 Å². The second kappa shape index (κ2) is 7.34. The van der Waals surface area contributed by atoms with Crippen LogP contribution in [-0.4, -0.2) is 63.3 Å². The lowest BCUT2D eigenvalue weighted by Crippen LogP contribution is -2.43. The van der Waals surface area contributed by atoms with E-state index in [0.717, 1.165) is 6.07 Å². The van der Waals surface area contributed by atoms with E-state index in [1.165, 1.54) is 23.9 Å². The zero-order chi connectivity index (χ0) is 16.3. The predicted molar refractivity (Wildman–Crippen MR) is 88.8 cm³/mol. The predicted octanol–water partition coefficient (Wildman–Crippen LogP) is 1.71.